The van der Waals surface area contributed by atoms with E-state index in [2.05, 4.69) is 12.2 Å². The largest absolute Gasteiger partial charge is 0.494 e. The number of ether oxygens (including phenoxy) is 1. The molecule has 4 nitrogen and oxygen atoms in total. The van der Waals surface area contributed by atoms with Crippen molar-refractivity contribution in [1.29, 1.82) is 0 Å². The van der Waals surface area contributed by atoms with Crippen LogP contribution in [0.15, 0.2) is 36.4 Å². The molecule has 2 rings (SSSR count). The van der Waals surface area contributed by atoms with Crippen LogP contribution in [-0.4, -0.2) is 12.5 Å². The van der Waals surface area contributed by atoms with Gasteiger partial charge in [-0.25, -0.2) is 0 Å². The Labute approximate surface area is 131 Å². The molecule has 0 aliphatic carbocycles. The Balaban J connectivity index is 2.12. The van der Waals surface area contributed by atoms with Crippen molar-refractivity contribution >= 4 is 17.3 Å². The van der Waals surface area contributed by atoms with Crippen LogP contribution < -0.4 is 15.8 Å². The van der Waals surface area contributed by atoms with E-state index in [1.807, 2.05) is 26.0 Å². The van der Waals surface area contributed by atoms with Crippen molar-refractivity contribution in [1.82, 2.24) is 0 Å². The molecule has 0 heterocycles. The Morgan fingerprint density at radius 2 is 1.86 bits per heavy atom. The first kappa shape index (κ1) is 15.9. The van der Waals surface area contributed by atoms with Crippen molar-refractivity contribution in [3.05, 3.63) is 53.1 Å². The van der Waals surface area contributed by atoms with Gasteiger partial charge in [0.05, 0.1) is 18.0 Å². The van der Waals surface area contributed by atoms with Gasteiger partial charge in [0.1, 0.15) is 5.75 Å². The summed E-state index contributed by atoms with van der Waals surface area (Å²) in [7, 11) is 0. The first-order valence-corrected chi connectivity index (χ1v) is 7.42. The minimum absolute atomic E-state index is 0.180. The highest BCUT2D eigenvalue weighted by atomic mass is 16.5. The van der Waals surface area contributed by atoms with Crippen molar-refractivity contribution < 1.29 is 9.53 Å². The number of aryl methyl sites for hydroxylation is 2. The molecule has 0 aromatic heterocycles. The highest BCUT2D eigenvalue weighted by Gasteiger charge is 2.11. The van der Waals surface area contributed by atoms with Crippen LogP contribution in [0.3, 0.4) is 0 Å². The molecule has 3 N–H and O–H groups in total. The van der Waals surface area contributed by atoms with Crippen LogP contribution in [0.5, 0.6) is 5.75 Å². The first-order chi connectivity index (χ1) is 10.5. The molecule has 0 bridgehead atoms. The summed E-state index contributed by atoms with van der Waals surface area (Å²) in [5.41, 5.74) is 9.84. The normalized spacial score (nSPS) is 10.3. The lowest BCUT2D eigenvalue weighted by Crippen LogP contribution is -2.14. The van der Waals surface area contributed by atoms with Crippen LogP contribution in [0.2, 0.25) is 0 Å². The summed E-state index contributed by atoms with van der Waals surface area (Å²) in [5, 5.41) is 2.88. The fraction of sp³-hybridized carbons (Fsp3) is 0.278. The van der Waals surface area contributed by atoms with Crippen LogP contribution in [0.1, 0.15) is 34.8 Å². The van der Waals surface area contributed by atoms with E-state index >= 15 is 0 Å². The first-order valence-electron chi connectivity index (χ1n) is 7.42. The molecular weight excluding hydrogens is 276 g/mol. The van der Waals surface area contributed by atoms with Crippen LogP contribution in [0, 0.1) is 13.8 Å². The molecule has 116 valence electrons. The summed E-state index contributed by atoms with van der Waals surface area (Å²) < 4.78 is 5.51. The Bertz CT molecular complexity index is 640. The molecule has 0 atom stereocenters. The molecule has 0 aliphatic rings. The predicted octanol–water partition coefficient (Wildman–Crippen LogP) is 3.93. The second-order valence-corrected chi connectivity index (χ2v) is 5.37. The van der Waals surface area contributed by atoms with Gasteiger partial charge in [0.25, 0.3) is 5.91 Å². The maximum absolute atomic E-state index is 12.3. The second kappa shape index (κ2) is 6.98. The zero-order valence-corrected chi connectivity index (χ0v) is 13.3. The van der Waals surface area contributed by atoms with Crippen molar-refractivity contribution in [2.45, 2.75) is 27.2 Å². The van der Waals surface area contributed by atoms with Gasteiger partial charge in [0.15, 0.2) is 0 Å². The molecule has 22 heavy (non-hydrogen) atoms. The number of nitrogens with two attached hydrogens (primary N) is 1. The van der Waals surface area contributed by atoms with E-state index in [9.17, 15) is 4.79 Å². The predicted molar refractivity (Wildman–Crippen MR) is 90.5 cm³/mol. The minimum Gasteiger partial charge on any atom is -0.494 e. The van der Waals surface area contributed by atoms with Gasteiger partial charge >= 0.3 is 0 Å². The number of rotatable bonds is 5. The summed E-state index contributed by atoms with van der Waals surface area (Å²) in [6.45, 7) is 6.63. The Morgan fingerprint density at radius 1 is 1.18 bits per heavy atom. The minimum atomic E-state index is -0.180. The fourth-order valence-corrected chi connectivity index (χ4v) is 2.28. The molecule has 0 fully saturated rings. The monoisotopic (exact) mass is 298 g/mol. The highest BCUT2D eigenvalue weighted by molar-refractivity contribution is 6.06. The topological polar surface area (TPSA) is 64.3 Å². The summed E-state index contributed by atoms with van der Waals surface area (Å²) in [6, 6.07) is 10.9. The van der Waals surface area contributed by atoms with Gasteiger partial charge in [-0.05, 0) is 61.7 Å². The number of benzene rings is 2. The van der Waals surface area contributed by atoms with Gasteiger partial charge in [-0.1, -0.05) is 13.0 Å². The van der Waals surface area contributed by atoms with Crippen LogP contribution in [0.4, 0.5) is 11.4 Å². The molecule has 0 spiro atoms. The van der Waals surface area contributed by atoms with Gasteiger partial charge in [-0.2, -0.15) is 0 Å². The van der Waals surface area contributed by atoms with Gasteiger partial charge in [0.2, 0.25) is 0 Å². The second-order valence-electron chi connectivity index (χ2n) is 5.37. The van der Waals surface area contributed by atoms with Gasteiger partial charge in [-0.15, -0.1) is 0 Å². The van der Waals surface area contributed by atoms with E-state index in [1.54, 1.807) is 24.3 Å². The molecular formula is C18H22N2O2. The van der Waals surface area contributed by atoms with Gasteiger partial charge < -0.3 is 15.8 Å². The van der Waals surface area contributed by atoms with Crippen molar-refractivity contribution in [3.63, 3.8) is 0 Å². The summed E-state index contributed by atoms with van der Waals surface area (Å²) in [6.07, 6.45) is 0.953. The van der Waals surface area contributed by atoms with Gasteiger partial charge in [0, 0.05) is 5.56 Å². The van der Waals surface area contributed by atoms with E-state index in [4.69, 9.17) is 10.5 Å². The number of anilines is 2. The Kier molecular flexibility index (Phi) is 5.04. The highest BCUT2D eigenvalue weighted by Crippen LogP contribution is 2.25. The maximum atomic E-state index is 12.3. The zero-order chi connectivity index (χ0) is 16.1. The number of hydrogen-bond donors (Lipinski definition) is 2. The quantitative estimate of drug-likeness (QED) is 0.822. The van der Waals surface area contributed by atoms with Gasteiger partial charge in [-0.3, -0.25) is 4.79 Å². The number of nitrogen functional groups attached to an aromatic ring is 1. The molecule has 0 saturated carbocycles. The maximum Gasteiger partial charge on any atom is 0.255 e. The third-order valence-corrected chi connectivity index (χ3v) is 3.34. The van der Waals surface area contributed by atoms with Crippen molar-refractivity contribution in [3.8, 4) is 5.75 Å². The number of carbonyl (C=O) groups is 1. The summed E-state index contributed by atoms with van der Waals surface area (Å²) in [5.74, 6) is 0.588. The number of hydrogen-bond acceptors (Lipinski definition) is 3. The lowest BCUT2D eigenvalue weighted by Gasteiger charge is -2.13. The summed E-state index contributed by atoms with van der Waals surface area (Å²) in [4.78, 5) is 12.3. The average Bonchev–Trinajstić information content (AvgIpc) is 2.49. The van der Waals surface area contributed by atoms with Crippen LogP contribution in [-0.2, 0) is 0 Å². The van der Waals surface area contributed by atoms with E-state index in [-0.39, 0.29) is 5.91 Å². The molecule has 1 amide bonds. The fourth-order valence-electron chi connectivity index (χ4n) is 2.28. The molecule has 2 aromatic carbocycles. The zero-order valence-electron chi connectivity index (χ0n) is 13.3. The number of amides is 1. The standard InChI is InChI=1S/C18H22N2O2/c1-4-9-22-15-7-5-14(6-8-15)18(21)20-17-13(3)10-12(2)11-16(17)19/h5-8,10-11H,4,9,19H2,1-3H3,(H,20,21). The van der Waals surface area contributed by atoms with Crippen molar-refractivity contribution in [2.75, 3.05) is 17.7 Å². The SMILES string of the molecule is CCCOc1ccc(C(=O)Nc2c(C)cc(C)cc2N)cc1. The molecule has 4 heteroatoms. The van der Waals surface area contributed by atoms with E-state index in [1.165, 1.54) is 0 Å². The van der Waals surface area contributed by atoms with Crippen LogP contribution >= 0.6 is 0 Å². The van der Waals surface area contributed by atoms with E-state index in [0.717, 1.165) is 23.3 Å². The molecule has 0 unspecified atom stereocenters. The van der Waals surface area contributed by atoms with E-state index in [0.29, 0.717) is 23.5 Å². The summed E-state index contributed by atoms with van der Waals surface area (Å²) >= 11 is 0. The van der Waals surface area contributed by atoms with Crippen LogP contribution in [0.25, 0.3) is 0 Å². The molecule has 0 radical (unpaired) electrons. The Hall–Kier alpha value is -2.49. The molecule has 0 aliphatic heterocycles. The smallest absolute Gasteiger partial charge is 0.255 e. The molecule has 0 saturated heterocycles. The lowest BCUT2D eigenvalue weighted by atomic mass is 10.1. The van der Waals surface area contributed by atoms with E-state index < -0.39 is 0 Å². The Morgan fingerprint density at radius 3 is 2.45 bits per heavy atom. The third-order valence-electron chi connectivity index (χ3n) is 3.34. The third kappa shape index (κ3) is 3.79. The van der Waals surface area contributed by atoms with Crippen molar-refractivity contribution in [2.24, 2.45) is 0 Å². The number of carbonyl (C=O) groups excluding carboxylic acids is 1. The lowest BCUT2D eigenvalue weighted by molar-refractivity contribution is 0.102. The molecule has 2 aromatic rings. The number of nitrogens with one attached hydrogen (secondary N) is 1. The average molecular weight is 298 g/mol.